The molecule has 0 bridgehead atoms. The molecule has 4 N–H and O–H groups in total. The molecule has 0 aromatic carbocycles. The summed E-state index contributed by atoms with van der Waals surface area (Å²) in [6.45, 7) is 3.30. The monoisotopic (exact) mass is 516 g/mol. The van der Waals surface area contributed by atoms with E-state index in [1.807, 2.05) is 0 Å². The maximum Gasteiger partial charge on any atom is 0.263 e. The van der Waals surface area contributed by atoms with E-state index >= 15 is 4.39 Å². The third-order valence-electron chi connectivity index (χ3n) is 7.97. The fourth-order valence-electron chi connectivity index (χ4n) is 5.97. The fourth-order valence-corrected chi connectivity index (χ4v) is 5.97. The molecule has 37 heavy (non-hydrogen) atoms. The van der Waals surface area contributed by atoms with Crippen molar-refractivity contribution in [2.24, 2.45) is 0 Å². The molecular weight excluding hydrogens is 482 g/mol. The van der Waals surface area contributed by atoms with Crippen molar-refractivity contribution < 1.29 is 18.4 Å². The lowest BCUT2D eigenvalue weighted by Crippen LogP contribution is -2.51. The second kappa shape index (κ2) is 10.1. The Bertz CT molecular complexity index is 1170. The number of rotatable bonds is 3. The number of carbonyl (C=O) groups is 2. The molecule has 1 unspecified atom stereocenters. The number of pyridine rings is 1. The van der Waals surface area contributed by atoms with Gasteiger partial charge in [0.25, 0.3) is 5.91 Å². The minimum absolute atomic E-state index is 0.00322. The molecule has 200 valence electrons. The highest BCUT2D eigenvalue weighted by Gasteiger charge is 2.47. The first-order valence-corrected chi connectivity index (χ1v) is 13.0. The summed E-state index contributed by atoms with van der Waals surface area (Å²) in [5.74, 6) is -0.789. The van der Waals surface area contributed by atoms with Crippen LogP contribution in [0, 0.1) is 5.82 Å². The van der Waals surface area contributed by atoms with Crippen molar-refractivity contribution in [1.82, 2.24) is 19.7 Å². The van der Waals surface area contributed by atoms with Crippen molar-refractivity contribution in [1.29, 1.82) is 0 Å². The number of hydrogen-bond acceptors (Lipinski definition) is 7. The number of nitrogens with two attached hydrogens (primary N) is 1. The van der Waals surface area contributed by atoms with E-state index in [1.165, 1.54) is 13.1 Å². The van der Waals surface area contributed by atoms with Crippen LogP contribution in [-0.2, 0) is 10.3 Å². The summed E-state index contributed by atoms with van der Waals surface area (Å²) in [6.07, 6.45) is 7.59. The van der Waals surface area contributed by atoms with Gasteiger partial charge in [-0.3, -0.25) is 14.6 Å². The Kier molecular flexibility index (Phi) is 6.91. The molecule has 3 aliphatic rings. The van der Waals surface area contributed by atoms with Gasteiger partial charge in [0, 0.05) is 39.6 Å². The Morgan fingerprint density at radius 3 is 2.46 bits per heavy atom. The second-order valence-electron chi connectivity index (χ2n) is 10.2. The molecule has 2 aromatic heterocycles. The van der Waals surface area contributed by atoms with Gasteiger partial charge in [0.2, 0.25) is 5.91 Å². The molecule has 0 radical (unpaired) electrons. The third-order valence-corrected chi connectivity index (χ3v) is 7.97. The number of nitrogens with one attached hydrogen (secondary N) is 2. The van der Waals surface area contributed by atoms with E-state index in [2.05, 4.69) is 20.7 Å². The Morgan fingerprint density at radius 2 is 1.78 bits per heavy atom. The SMILES string of the molecule is CC(=O)N1CCN(c2c(F)cncc2NC(=O)c2c(N)nn3c2NCC(F)C32CCCCCCC2)CC1. The first-order chi connectivity index (χ1) is 17.8. The number of aromatic nitrogens is 3. The van der Waals surface area contributed by atoms with Crippen molar-refractivity contribution in [2.75, 3.05) is 54.0 Å². The van der Waals surface area contributed by atoms with Crippen LogP contribution in [0.4, 0.5) is 31.8 Å². The molecule has 2 aliphatic heterocycles. The van der Waals surface area contributed by atoms with Gasteiger partial charge in [-0.25, -0.2) is 13.5 Å². The number of fused-ring (bicyclic) bond motifs is 2. The van der Waals surface area contributed by atoms with Crippen LogP contribution in [0.2, 0.25) is 0 Å². The number of carbonyl (C=O) groups excluding carboxylic acids is 2. The Balaban J connectivity index is 1.44. The minimum Gasteiger partial charge on any atom is -0.381 e. The highest BCUT2D eigenvalue weighted by Crippen LogP contribution is 2.44. The van der Waals surface area contributed by atoms with Crippen LogP contribution in [-0.4, -0.2) is 70.4 Å². The number of halogens is 2. The summed E-state index contributed by atoms with van der Waals surface area (Å²) in [4.78, 5) is 32.6. The normalized spacial score (nSPS) is 21.5. The topological polar surface area (TPSA) is 121 Å². The van der Waals surface area contributed by atoms with E-state index in [0.29, 0.717) is 44.8 Å². The van der Waals surface area contributed by atoms with Crippen LogP contribution < -0.4 is 21.3 Å². The fraction of sp³-hybridized carbons (Fsp3) is 0.600. The van der Waals surface area contributed by atoms with Crippen molar-refractivity contribution in [3.8, 4) is 0 Å². The van der Waals surface area contributed by atoms with Gasteiger partial charge in [-0.05, 0) is 12.8 Å². The number of hydrogen-bond donors (Lipinski definition) is 3. The smallest absolute Gasteiger partial charge is 0.263 e. The lowest BCUT2D eigenvalue weighted by atomic mass is 9.79. The third kappa shape index (κ3) is 4.57. The molecule has 12 heteroatoms. The van der Waals surface area contributed by atoms with Gasteiger partial charge in [0.05, 0.1) is 23.6 Å². The van der Waals surface area contributed by atoms with Crippen LogP contribution in [0.25, 0.3) is 0 Å². The van der Waals surface area contributed by atoms with E-state index in [9.17, 15) is 14.0 Å². The zero-order valence-electron chi connectivity index (χ0n) is 21.1. The molecule has 1 saturated heterocycles. The van der Waals surface area contributed by atoms with Crippen LogP contribution >= 0.6 is 0 Å². The van der Waals surface area contributed by atoms with Crippen molar-refractivity contribution in [2.45, 2.75) is 63.6 Å². The lowest BCUT2D eigenvalue weighted by molar-refractivity contribution is -0.129. The van der Waals surface area contributed by atoms with Gasteiger partial charge in [0.1, 0.15) is 23.2 Å². The quantitative estimate of drug-likeness (QED) is 0.573. The lowest BCUT2D eigenvalue weighted by Gasteiger charge is -2.42. The second-order valence-corrected chi connectivity index (χ2v) is 10.2. The first-order valence-electron chi connectivity index (χ1n) is 13.0. The first kappa shape index (κ1) is 25.2. The molecule has 5 rings (SSSR count). The molecular formula is C25H34F2N8O2. The largest absolute Gasteiger partial charge is 0.381 e. The Labute approximate surface area is 214 Å². The summed E-state index contributed by atoms with van der Waals surface area (Å²) in [5.41, 5.74) is 5.92. The summed E-state index contributed by atoms with van der Waals surface area (Å²) in [5, 5.41) is 10.3. The molecule has 2 aromatic rings. The average molecular weight is 517 g/mol. The van der Waals surface area contributed by atoms with Gasteiger partial charge >= 0.3 is 0 Å². The number of nitrogens with zero attached hydrogens (tertiary/aromatic N) is 5. The molecule has 10 nitrogen and oxygen atoms in total. The number of alkyl halides is 1. The van der Waals surface area contributed by atoms with Crippen molar-refractivity contribution in [3.05, 3.63) is 23.8 Å². The highest BCUT2D eigenvalue weighted by atomic mass is 19.1. The van der Waals surface area contributed by atoms with E-state index in [-0.39, 0.29) is 35.2 Å². The summed E-state index contributed by atoms with van der Waals surface area (Å²) < 4.78 is 32.0. The molecule has 2 amide bonds. The standard InChI is InChI=1S/C25H34F2N8O2/c1-16(36)33-9-11-34(12-10-33)21-17(26)13-29-14-18(21)31-24(37)20-22(28)32-35-23(20)30-15-19(27)25(35)7-5-3-2-4-6-8-25/h13-14,19,30H,2-12,15H2,1H3,(H2,28,32)(H,31,37). The van der Waals surface area contributed by atoms with Gasteiger partial charge < -0.3 is 26.2 Å². The molecule has 4 heterocycles. The number of nitrogen functional groups attached to an aromatic ring is 1. The molecule has 2 fully saturated rings. The van der Waals surface area contributed by atoms with Crippen molar-refractivity contribution >= 4 is 34.8 Å². The predicted molar refractivity (Wildman–Crippen MR) is 137 cm³/mol. The van der Waals surface area contributed by atoms with Gasteiger partial charge in [-0.15, -0.1) is 0 Å². The van der Waals surface area contributed by atoms with Crippen molar-refractivity contribution in [3.63, 3.8) is 0 Å². The summed E-state index contributed by atoms with van der Waals surface area (Å²) >= 11 is 0. The number of amides is 2. The molecule has 1 saturated carbocycles. The Hall–Kier alpha value is -3.44. The van der Waals surface area contributed by atoms with Gasteiger partial charge in [0.15, 0.2) is 11.6 Å². The maximum atomic E-state index is 15.4. The number of anilines is 4. The average Bonchev–Trinajstić information content (AvgIpc) is 3.20. The zero-order chi connectivity index (χ0) is 26.2. The maximum absolute atomic E-state index is 15.4. The van der Waals surface area contributed by atoms with E-state index in [1.54, 1.807) is 14.5 Å². The van der Waals surface area contributed by atoms with Crippen LogP contribution in [0.5, 0.6) is 0 Å². The highest BCUT2D eigenvalue weighted by molar-refractivity contribution is 6.12. The zero-order valence-corrected chi connectivity index (χ0v) is 21.1. The Morgan fingerprint density at radius 1 is 1.11 bits per heavy atom. The summed E-state index contributed by atoms with van der Waals surface area (Å²) in [7, 11) is 0. The van der Waals surface area contributed by atoms with Crippen LogP contribution in [0.1, 0.15) is 62.2 Å². The molecule has 1 aliphatic carbocycles. The van der Waals surface area contributed by atoms with Crippen LogP contribution in [0.3, 0.4) is 0 Å². The molecule has 1 spiro atoms. The van der Waals surface area contributed by atoms with Gasteiger partial charge in [-0.2, -0.15) is 5.10 Å². The minimum atomic E-state index is -1.15. The summed E-state index contributed by atoms with van der Waals surface area (Å²) in [6, 6.07) is 0. The predicted octanol–water partition coefficient (Wildman–Crippen LogP) is 3.12. The van der Waals surface area contributed by atoms with E-state index in [0.717, 1.165) is 38.3 Å². The molecule has 1 atom stereocenters. The van der Waals surface area contributed by atoms with E-state index < -0.39 is 23.4 Å². The van der Waals surface area contributed by atoms with Gasteiger partial charge in [-0.1, -0.05) is 32.1 Å². The van der Waals surface area contributed by atoms with Crippen LogP contribution in [0.15, 0.2) is 12.4 Å². The van der Waals surface area contributed by atoms with E-state index in [4.69, 9.17) is 5.73 Å². The number of piperazine rings is 1.